The molecule has 0 unspecified atom stereocenters. The number of nitrogens with zero attached hydrogens (tertiary/aromatic N) is 6. The van der Waals surface area contributed by atoms with E-state index in [2.05, 4.69) is 25.8 Å². The first-order valence-electron chi connectivity index (χ1n) is 13.3. The first-order chi connectivity index (χ1) is 20.0. The molecule has 1 atom stereocenters. The molecule has 0 saturated carbocycles. The predicted molar refractivity (Wildman–Crippen MR) is 155 cm³/mol. The largest absolute Gasteiger partial charge is 0.496 e. The summed E-state index contributed by atoms with van der Waals surface area (Å²) in [6.45, 7) is 6.10. The fourth-order valence-electron chi connectivity index (χ4n) is 4.65. The smallest absolute Gasteiger partial charge is 0.407 e. The lowest BCUT2D eigenvalue weighted by Crippen LogP contribution is -2.41. The number of aromatic nitrogens is 5. The molecule has 2 N–H and O–H groups in total. The lowest BCUT2D eigenvalue weighted by atomic mass is 10.1. The molecule has 5 rings (SSSR count). The fourth-order valence-corrected chi connectivity index (χ4v) is 4.82. The van der Waals surface area contributed by atoms with E-state index in [0.29, 0.717) is 52.9 Å². The zero-order valence-electron chi connectivity index (χ0n) is 23.6. The van der Waals surface area contributed by atoms with Gasteiger partial charge in [-0.05, 0) is 51.5 Å². The first-order valence-corrected chi connectivity index (χ1v) is 13.7. The van der Waals surface area contributed by atoms with Crippen LogP contribution in [-0.4, -0.2) is 79.0 Å². The van der Waals surface area contributed by atoms with Crippen molar-refractivity contribution in [3.8, 4) is 17.0 Å². The molecule has 1 aliphatic heterocycles. The minimum Gasteiger partial charge on any atom is -0.496 e. The number of anilines is 1. The van der Waals surface area contributed by atoms with Crippen LogP contribution in [0.4, 0.5) is 10.5 Å². The highest BCUT2D eigenvalue weighted by molar-refractivity contribution is 6.31. The number of ether oxygens (including phenoxy) is 2. The van der Waals surface area contributed by atoms with Gasteiger partial charge in [-0.15, -0.1) is 0 Å². The number of methoxy groups -OCH3 is 1. The standard InChI is InChI=1S/C28H31ClN8O5/c1-28(2,3)42-27(40)32-18-8-11-35(14-18)23(38)16-36-15-21(24(34-36)19-12-17(29)6-7-22(19)41-4)33-26(39)20-13-31-37-10-5-9-30-25(20)37/h5-7,9-10,12-13,15,18H,8,11,14,16H2,1-4H3,(H,32,40)(H,33,39)/t18-/m0/s1. The normalized spacial score (nSPS) is 15.1. The number of benzene rings is 1. The van der Waals surface area contributed by atoms with Crippen LogP contribution >= 0.6 is 11.6 Å². The third kappa shape index (κ3) is 6.46. The summed E-state index contributed by atoms with van der Waals surface area (Å²) in [4.78, 5) is 44.6. The molecule has 4 aromatic rings. The fraction of sp³-hybridized carbons (Fsp3) is 0.357. The molecule has 4 heterocycles. The molecule has 0 bridgehead atoms. The van der Waals surface area contributed by atoms with Crippen molar-refractivity contribution < 1.29 is 23.9 Å². The number of carbonyl (C=O) groups excluding carboxylic acids is 3. The lowest BCUT2D eigenvalue weighted by molar-refractivity contribution is -0.131. The van der Waals surface area contributed by atoms with Crippen molar-refractivity contribution in [2.75, 3.05) is 25.5 Å². The quantitative estimate of drug-likeness (QED) is 0.330. The van der Waals surface area contributed by atoms with Gasteiger partial charge in [-0.3, -0.25) is 14.3 Å². The van der Waals surface area contributed by atoms with Gasteiger partial charge in [0, 0.05) is 42.3 Å². The van der Waals surface area contributed by atoms with Crippen LogP contribution in [0.2, 0.25) is 5.02 Å². The number of nitrogens with one attached hydrogen (secondary N) is 2. The molecule has 1 saturated heterocycles. The Morgan fingerprint density at radius 3 is 2.79 bits per heavy atom. The Morgan fingerprint density at radius 2 is 2.02 bits per heavy atom. The summed E-state index contributed by atoms with van der Waals surface area (Å²) in [5.74, 6) is -0.160. The number of hydrogen-bond donors (Lipinski definition) is 2. The first kappa shape index (κ1) is 28.9. The summed E-state index contributed by atoms with van der Waals surface area (Å²) >= 11 is 6.29. The van der Waals surface area contributed by atoms with Gasteiger partial charge in [0.25, 0.3) is 5.91 Å². The molecule has 1 aliphatic rings. The zero-order valence-corrected chi connectivity index (χ0v) is 24.4. The topological polar surface area (TPSA) is 145 Å². The SMILES string of the molecule is COc1ccc(Cl)cc1-c1nn(CC(=O)N2CC[C@H](NC(=O)OC(C)(C)C)C2)cc1NC(=O)c1cnn2cccnc12. The summed E-state index contributed by atoms with van der Waals surface area (Å²) in [6, 6.07) is 6.55. The Bertz CT molecular complexity index is 1640. The molecule has 13 nitrogen and oxygen atoms in total. The average molecular weight is 595 g/mol. The van der Waals surface area contributed by atoms with Crippen molar-refractivity contribution in [1.29, 1.82) is 0 Å². The Kier molecular flexibility index (Phi) is 8.03. The van der Waals surface area contributed by atoms with Gasteiger partial charge in [0.15, 0.2) is 5.65 Å². The van der Waals surface area contributed by atoms with Crippen molar-refractivity contribution in [2.24, 2.45) is 0 Å². The van der Waals surface area contributed by atoms with Gasteiger partial charge >= 0.3 is 6.09 Å². The summed E-state index contributed by atoms with van der Waals surface area (Å²) < 4.78 is 13.8. The summed E-state index contributed by atoms with van der Waals surface area (Å²) in [5, 5.41) is 15.0. The Morgan fingerprint density at radius 1 is 1.21 bits per heavy atom. The maximum absolute atomic E-state index is 13.3. The van der Waals surface area contributed by atoms with E-state index in [4.69, 9.17) is 21.1 Å². The van der Waals surface area contributed by atoms with Crippen molar-refractivity contribution in [1.82, 2.24) is 34.6 Å². The number of alkyl carbamates (subject to hydrolysis) is 1. The zero-order chi connectivity index (χ0) is 30.0. The molecule has 1 fully saturated rings. The number of halogens is 1. The van der Waals surface area contributed by atoms with Crippen LogP contribution in [-0.2, 0) is 16.1 Å². The monoisotopic (exact) mass is 594 g/mol. The van der Waals surface area contributed by atoms with Gasteiger partial charge < -0.3 is 25.0 Å². The van der Waals surface area contributed by atoms with Gasteiger partial charge in [0.2, 0.25) is 5.91 Å². The molecule has 14 heteroatoms. The van der Waals surface area contributed by atoms with Crippen molar-refractivity contribution in [2.45, 2.75) is 45.4 Å². The van der Waals surface area contributed by atoms with Gasteiger partial charge in [0.1, 0.15) is 29.2 Å². The average Bonchev–Trinajstić information content (AvgIpc) is 3.66. The van der Waals surface area contributed by atoms with Crippen molar-refractivity contribution in [3.63, 3.8) is 0 Å². The number of fused-ring (bicyclic) bond motifs is 1. The molecule has 3 aromatic heterocycles. The number of amides is 3. The van der Waals surface area contributed by atoms with E-state index in [9.17, 15) is 14.4 Å². The number of hydrogen-bond acceptors (Lipinski definition) is 8. The second-order valence-corrected chi connectivity index (χ2v) is 11.2. The number of carbonyl (C=O) groups is 3. The Labute approximate surface area is 246 Å². The second-order valence-electron chi connectivity index (χ2n) is 10.8. The highest BCUT2D eigenvalue weighted by Crippen LogP contribution is 2.36. The van der Waals surface area contributed by atoms with E-state index in [1.165, 1.54) is 22.5 Å². The molecule has 42 heavy (non-hydrogen) atoms. The van der Waals surface area contributed by atoms with Crippen LogP contribution in [0.25, 0.3) is 16.9 Å². The van der Waals surface area contributed by atoms with Crippen LogP contribution in [0.5, 0.6) is 5.75 Å². The van der Waals surface area contributed by atoms with E-state index >= 15 is 0 Å². The molecule has 1 aromatic carbocycles. The van der Waals surface area contributed by atoms with E-state index in [0.717, 1.165) is 0 Å². The highest BCUT2D eigenvalue weighted by atomic mass is 35.5. The maximum atomic E-state index is 13.3. The number of likely N-dealkylation sites (tertiary alicyclic amines) is 1. The van der Waals surface area contributed by atoms with Gasteiger partial charge in [0.05, 0.1) is 25.0 Å². The molecule has 220 valence electrons. The van der Waals surface area contributed by atoms with Crippen LogP contribution in [0, 0.1) is 0 Å². The van der Waals surface area contributed by atoms with Crippen molar-refractivity contribution in [3.05, 3.63) is 59.6 Å². The molecule has 3 amide bonds. The summed E-state index contributed by atoms with van der Waals surface area (Å²) in [6.07, 6.45) is 6.36. The molecular weight excluding hydrogens is 564 g/mol. The van der Waals surface area contributed by atoms with E-state index in [-0.39, 0.29) is 24.1 Å². The summed E-state index contributed by atoms with van der Waals surface area (Å²) in [5.41, 5.74) is 1.29. The minimum absolute atomic E-state index is 0.0941. The van der Waals surface area contributed by atoms with Crippen LogP contribution in [0.15, 0.2) is 49.1 Å². The van der Waals surface area contributed by atoms with Crippen LogP contribution in [0.3, 0.4) is 0 Å². The number of rotatable bonds is 7. The van der Waals surface area contributed by atoms with E-state index < -0.39 is 17.6 Å². The molecule has 0 radical (unpaired) electrons. The predicted octanol–water partition coefficient (Wildman–Crippen LogP) is 3.63. The summed E-state index contributed by atoms with van der Waals surface area (Å²) in [7, 11) is 1.52. The van der Waals surface area contributed by atoms with Crippen molar-refractivity contribution >= 4 is 40.8 Å². The maximum Gasteiger partial charge on any atom is 0.407 e. The second kappa shape index (κ2) is 11.7. The molecule has 0 spiro atoms. The Hall–Kier alpha value is -4.65. The van der Waals surface area contributed by atoms with E-state index in [1.54, 1.807) is 68.5 Å². The van der Waals surface area contributed by atoms with Gasteiger partial charge in [-0.25, -0.2) is 14.3 Å². The third-order valence-corrected chi connectivity index (χ3v) is 6.74. The van der Waals surface area contributed by atoms with Crippen LogP contribution in [0.1, 0.15) is 37.6 Å². The third-order valence-electron chi connectivity index (χ3n) is 6.51. The molecular formula is C28H31ClN8O5. The van der Waals surface area contributed by atoms with Crippen LogP contribution < -0.4 is 15.4 Å². The van der Waals surface area contributed by atoms with Gasteiger partial charge in [-0.2, -0.15) is 10.2 Å². The van der Waals surface area contributed by atoms with E-state index in [1.807, 2.05) is 0 Å². The minimum atomic E-state index is -0.614. The molecule has 0 aliphatic carbocycles. The lowest BCUT2D eigenvalue weighted by Gasteiger charge is -2.22. The highest BCUT2D eigenvalue weighted by Gasteiger charge is 2.29. The van der Waals surface area contributed by atoms with Gasteiger partial charge in [-0.1, -0.05) is 11.6 Å². The Balaban J connectivity index is 1.37.